The Morgan fingerprint density at radius 2 is 1.37 bits per heavy atom. The first kappa shape index (κ1) is 18.4. The third kappa shape index (κ3) is 2.76. The van der Waals surface area contributed by atoms with Gasteiger partial charge in [0.1, 0.15) is 11.7 Å². The first-order chi connectivity index (χ1) is 14.7. The molecule has 30 heavy (non-hydrogen) atoms. The average Bonchev–Trinajstić information content (AvgIpc) is 3.31. The number of rotatable bonds is 4. The zero-order valence-electron chi connectivity index (χ0n) is 16.3. The number of ether oxygens (including phenoxy) is 1. The lowest BCUT2D eigenvalue weighted by Gasteiger charge is -2.29. The standard InChI is InChI=1S/C24H20N2O4/c1-29-19-15-9-8-14-18(19)21-20-22(30-26(21)17-12-6-3-7-13-17)24(28)25(23(20)27)16-10-4-2-5-11-16/h2-15,20-22H,1H3/t20-,21-,22-/m1/s1. The van der Waals surface area contributed by atoms with Gasteiger partial charge in [-0.15, -0.1) is 0 Å². The van der Waals surface area contributed by atoms with Gasteiger partial charge in [0, 0.05) is 5.56 Å². The predicted molar refractivity (Wildman–Crippen MR) is 112 cm³/mol. The fourth-order valence-electron chi connectivity index (χ4n) is 4.27. The van der Waals surface area contributed by atoms with Crippen LogP contribution in [0, 0.1) is 5.92 Å². The molecule has 2 amide bonds. The highest BCUT2D eigenvalue weighted by Crippen LogP contribution is 2.49. The Bertz CT molecular complexity index is 1090. The van der Waals surface area contributed by atoms with Crippen LogP contribution in [-0.4, -0.2) is 25.0 Å². The summed E-state index contributed by atoms with van der Waals surface area (Å²) < 4.78 is 5.57. The summed E-state index contributed by atoms with van der Waals surface area (Å²) in [6.07, 6.45) is -0.896. The van der Waals surface area contributed by atoms with Crippen LogP contribution in [0.2, 0.25) is 0 Å². The quantitative estimate of drug-likeness (QED) is 0.625. The molecule has 0 bridgehead atoms. The Labute approximate surface area is 174 Å². The number of carbonyl (C=O) groups excluding carboxylic acids is 2. The van der Waals surface area contributed by atoms with Crippen molar-refractivity contribution in [1.82, 2.24) is 0 Å². The fourth-order valence-corrected chi connectivity index (χ4v) is 4.27. The molecule has 6 nitrogen and oxygen atoms in total. The van der Waals surface area contributed by atoms with Crippen LogP contribution in [0.25, 0.3) is 0 Å². The van der Waals surface area contributed by atoms with Gasteiger partial charge in [-0.25, -0.2) is 9.96 Å². The Morgan fingerprint density at radius 1 is 0.767 bits per heavy atom. The SMILES string of the molecule is COc1ccccc1[C@@H]1[C@H]2C(=O)N(c3ccccc3)C(=O)[C@@H]2ON1c1ccccc1. The summed E-state index contributed by atoms with van der Waals surface area (Å²) in [6.45, 7) is 0. The van der Waals surface area contributed by atoms with Crippen molar-refractivity contribution < 1.29 is 19.2 Å². The first-order valence-electron chi connectivity index (χ1n) is 9.77. The third-order valence-electron chi connectivity index (χ3n) is 5.60. The van der Waals surface area contributed by atoms with Crippen LogP contribution < -0.4 is 14.7 Å². The minimum Gasteiger partial charge on any atom is -0.496 e. The van der Waals surface area contributed by atoms with E-state index in [1.54, 1.807) is 36.4 Å². The van der Waals surface area contributed by atoms with E-state index in [1.807, 2.05) is 60.7 Å². The molecule has 6 heteroatoms. The van der Waals surface area contributed by atoms with Crippen LogP contribution in [0.4, 0.5) is 11.4 Å². The highest BCUT2D eigenvalue weighted by atomic mass is 16.7. The molecular weight excluding hydrogens is 380 g/mol. The second-order valence-electron chi connectivity index (χ2n) is 7.25. The summed E-state index contributed by atoms with van der Waals surface area (Å²) in [5.74, 6) is -0.666. The molecular formula is C24H20N2O4. The number of amides is 2. The van der Waals surface area contributed by atoms with Gasteiger partial charge in [-0.2, -0.15) is 0 Å². The van der Waals surface area contributed by atoms with Gasteiger partial charge in [0.2, 0.25) is 5.91 Å². The molecule has 0 N–H and O–H groups in total. The molecule has 2 heterocycles. The lowest BCUT2D eigenvalue weighted by molar-refractivity contribution is -0.126. The Hall–Kier alpha value is -3.64. The van der Waals surface area contributed by atoms with Crippen LogP contribution in [0.15, 0.2) is 84.9 Å². The maximum Gasteiger partial charge on any atom is 0.266 e. The van der Waals surface area contributed by atoms with Gasteiger partial charge in [-0.3, -0.25) is 14.4 Å². The number of fused-ring (bicyclic) bond motifs is 1. The molecule has 0 aliphatic carbocycles. The van der Waals surface area contributed by atoms with Crippen molar-refractivity contribution >= 4 is 23.2 Å². The summed E-state index contributed by atoms with van der Waals surface area (Å²) in [5, 5.41) is 1.67. The molecule has 0 unspecified atom stereocenters. The van der Waals surface area contributed by atoms with Crippen LogP contribution in [-0.2, 0) is 14.4 Å². The van der Waals surface area contributed by atoms with Gasteiger partial charge in [0.15, 0.2) is 6.10 Å². The van der Waals surface area contributed by atoms with E-state index < -0.39 is 18.1 Å². The van der Waals surface area contributed by atoms with Crippen molar-refractivity contribution in [2.75, 3.05) is 17.1 Å². The average molecular weight is 400 g/mol. The van der Waals surface area contributed by atoms with Gasteiger partial charge in [-0.1, -0.05) is 54.6 Å². The van der Waals surface area contributed by atoms with E-state index >= 15 is 0 Å². The number of benzene rings is 3. The molecule has 3 atom stereocenters. The van der Waals surface area contributed by atoms with Gasteiger partial charge in [0.25, 0.3) is 5.91 Å². The minimum absolute atomic E-state index is 0.273. The highest BCUT2D eigenvalue weighted by Gasteiger charge is 2.60. The second-order valence-corrected chi connectivity index (χ2v) is 7.25. The normalized spacial score (nSPS) is 23.0. The lowest BCUT2D eigenvalue weighted by atomic mass is 9.90. The molecule has 0 radical (unpaired) electrons. The number of imide groups is 1. The maximum absolute atomic E-state index is 13.5. The van der Waals surface area contributed by atoms with Crippen molar-refractivity contribution in [2.45, 2.75) is 12.1 Å². The molecule has 5 rings (SSSR count). The van der Waals surface area contributed by atoms with Crippen LogP contribution in [0.1, 0.15) is 11.6 Å². The van der Waals surface area contributed by atoms with Gasteiger partial charge in [0.05, 0.1) is 24.5 Å². The number of hydrogen-bond donors (Lipinski definition) is 0. The second kappa shape index (κ2) is 7.31. The molecule has 3 aromatic carbocycles. The molecule has 2 saturated heterocycles. The number of hydroxylamine groups is 1. The fraction of sp³-hybridized carbons (Fsp3) is 0.167. The van der Waals surface area contributed by atoms with Crippen molar-refractivity contribution in [1.29, 1.82) is 0 Å². The van der Waals surface area contributed by atoms with Crippen molar-refractivity contribution in [3.8, 4) is 5.75 Å². The smallest absolute Gasteiger partial charge is 0.266 e. The zero-order chi connectivity index (χ0) is 20.7. The number of methoxy groups -OCH3 is 1. The van der Waals surface area contributed by atoms with Crippen LogP contribution in [0.5, 0.6) is 5.75 Å². The lowest BCUT2D eigenvalue weighted by Crippen LogP contribution is -2.37. The van der Waals surface area contributed by atoms with E-state index in [0.29, 0.717) is 11.4 Å². The topological polar surface area (TPSA) is 59.1 Å². The Kier molecular flexibility index (Phi) is 4.48. The van der Waals surface area contributed by atoms with Crippen molar-refractivity contribution in [3.05, 3.63) is 90.5 Å². The van der Waals surface area contributed by atoms with Gasteiger partial charge in [-0.05, 0) is 30.3 Å². The molecule has 0 spiro atoms. The molecule has 2 aliphatic rings. The van der Waals surface area contributed by atoms with E-state index in [1.165, 1.54) is 4.90 Å². The minimum atomic E-state index is -0.896. The molecule has 2 aliphatic heterocycles. The van der Waals surface area contributed by atoms with E-state index in [0.717, 1.165) is 11.3 Å². The van der Waals surface area contributed by atoms with Crippen LogP contribution in [0.3, 0.4) is 0 Å². The summed E-state index contributed by atoms with van der Waals surface area (Å²) in [4.78, 5) is 34.1. The van der Waals surface area contributed by atoms with Crippen LogP contribution >= 0.6 is 0 Å². The third-order valence-corrected chi connectivity index (χ3v) is 5.60. The monoisotopic (exact) mass is 400 g/mol. The number of anilines is 2. The Morgan fingerprint density at radius 3 is 2.03 bits per heavy atom. The number of hydrogen-bond acceptors (Lipinski definition) is 5. The predicted octanol–water partition coefficient (Wildman–Crippen LogP) is 3.75. The van der Waals surface area contributed by atoms with Crippen molar-refractivity contribution in [3.63, 3.8) is 0 Å². The molecule has 0 saturated carbocycles. The van der Waals surface area contributed by atoms with E-state index in [2.05, 4.69) is 0 Å². The Balaban J connectivity index is 1.62. The number of para-hydroxylation sites is 3. The van der Waals surface area contributed by atoms with Crippen molar-refractivity contribution in [2.24, 2.45) is 5.92 Å². The maximum atomic E-state index is 13.5. The van der Waals surface area contributed by atoms with E-state index in [-0.39, 0.29) is 11.8 Å². The first-order valence-corrected chi connectivity index (χ1v) is 9.77. The summed E-state index contributed by atoms with van der Waals surface area (Å²) in [7, 11) is 1.59. The molecule has 150 valence electrons. The number of nitrogens with zero attached hydrogens (tertiary/aromatic N) is 2. The summed E-state index contributed by atoms with van der Waals surface area (Å²) in [5.41, 5.74) is 2.12. The van der Waals surface area contributed by atoms with E-state index in [4.69, 9.17) is 9.57 Å². The summed E-state index contributed by atoms with van der Waals surface area (Å²) in [6, 6.07) is 25.5. The number of carbonyl (C=O) groups is 2. The zero-order valence-corrected chi connectivity index (χ0v) is 16.3. The highest BCUT2D eigenvalue weighted by molar-refractivity contribution is 6.23. The summed E-state index contributed by atoms with van der Waals surface area (Å²) >= 11 is 0. The molecule has 0 aromatic heterocycles. The molecule has 2 fully saturated rings. The molecule has 3 aromatic rings. The van der Waals surface area contributed by atoms with E-state index in [9.17, 15) is 9.59 Å². The van der Waals surface area contributed by atoms with Gasteiger partial charge < -0.3 is 4.74 Å². The van der Waals surface area contributed by atoms with Gasteiger partial charge >= 0.3 is 0 Å². The largest absolute Gasteiger partial charge is 0.496 e.